The van der Waals surface area contributed by atoms with Crippen LogP contribution in [-0.4, -0.2) is 35.1 Å². The lowest BCUT2D eigenvalue weighted by molar-refractivity contribution is -0.123. The van der Waals surface area contributed by atoms with E-state index in [9.17, 15) is 19.2 Å². The van der Waals surface area contributed by atoms with Crippen molar-refractivity contribution in [3.63, 3.8) is 0 Å². The summed E-state index contributed by atoms with van der Waals surface area (Å²) in [7, 11) is 1.52. The average molecular weight is 587 g/mol. The fraction of sp³-hybridized carbons (Fsp3) is 0.333. The van der Waals surface area contributed by atoms with Crippen LogP contribution < -0.4 is 10.9 Å². The van der Waals surface area contributed by atoms with Crippen LogP contribution in [0.5, 0.6) is 0 Å². The second-order valence-electron chi connectivity index (χ2n) is 10.4. The number of hydrogen-bond acceptors (Lipinski definition) is 7. The van der Waals surface area contributed by atoms with Gasteiger partial charge in [-0.2, -0.15) is 0 Å². The molecule has 0 bridgehead atoms. The van der Waals surface area contributed by atoms with E-state index < -0.39 is 23.9 Å². The molecule has 0 radical (unpaired) electrons. The van der Waals surface area contributed by atoms with Crippen molar-refractivity contribution in [2.75, 3.05) is 11.9 Å². The summed E-state index contributed by atoms with van der Waals surface area (Å²) in [6.07, 6.45) is 4.58. The summed E-state index contributed by atoms with van der Waals surface area (Å²) in [4.78, 5) is 54.3. The summed E-state index contributed by atoms with van der Waals surface area (Å²) >= 11 is 1.39. The zero-order chi connectivity index (χ0) is 29.8. The highest BCUT2D eigenvalue weighted by atomic mass is 32.1. The van der Waals surface area contributed by atoms with Gasteiger partial charge >= 0.3 is 11.9 Å². The fourth-order valence-electron chi connectivity index (χ4n) is 5.51. The molecule has 0 fully saturated rings. The standard InChI is InChI=1S/C33H34N2O6S/c1-4-40-32(38)27-24-18-10-5-6-11-19-25(24)42-30(27)34-29(36)20(2)41-33(39)28-26(21-14-8-7-9-15-21)22-16-12-13-17-23(22)31(37)35(28)3/h7-9,12-17,20H,4-6,10-11,18-19H2,1-3H3,(H,34,36). The van der Waals surface area contributed by atoms with Crippen molar-refractivity contribution in [1.29, 1.82) is 0 Å². The molecule has 0 aliphatic heterocycles. The Kier molecular flexibility index (Phi) is 8.87. The molecule has 42 heavy (non-hydrogen) atoms. The Morgan fingerprint density at radius 1 is 0.929 bits per heavy atom. The summed E-state index contributed by atoms with van der Waals surface area (Å²) in [6, 6.07) is 16.4. The average Bonchev–Trinajstić information content (AvgIpc) is 3.30. The predicted molar refractivity (Wildman–Crippen MR) is 164 cm³/mol. The number of esters is 2. The number of carbonyl (C=O) groups is 3. The summed E-state index contributed by atoms with van der Waals surface area (Å²) in [5.74, 6) is -1.84. The number of anilines is 1. The van der Waals surface area contributed by atoms with Gasteiger partial charge in [0.1, 0.15) is 10.7 Å². The number of rotatable bonds is 7. The van der Waals surface area contributed by atoms with E-state index in [1.165, 1.54) is 29.9 Å². The van der Waals surface area contributed by atoms with E-state index >= 15 is 0 Å². The van der Waals surface area contributed by atoms with Crippen LogP contribution in [0.15, 0.2) is 59.4 Å². The second kappa shape index (κ2) is 12.7. The van der Waals surface area contributed by atoms with E-state index in [0.29, 0.717) is 26.9 Å². The third-order valence-electron chi connectivity index (χ3n) is 7.60. The molecule has 1 N–H and O–H groups in total. The predicted octanol–water partition coefficient (Wildman–Crippen LogP) is 6.29. The molecule has 5 rings (SSSR count). The van der Waals surface area contributed by atoms with Gasteiger partial charge in [-0.15, -0.1) is 11.3 Å². The number of amides is 1. The zero-order valence-corrected chi connectivity index (χ0v) is 24.8. The number of thiophene rings is 1. The molecule has 2 aromatic carbocycles. The number of hydrogen-bond donors (Lipinski definition) is 1. The molecule has 8 nitrogen and oxygen atoms in total. The van der Waals surface area contributed by atoms with Gasteiger partial charge in [0.2, 0.25) is 0 Å². The lowest BCUT2D eigenvalue weighted by Crippen LogP contribution is -2.33. The van der Waals surface area contributed by atoms with Crippen LogP contribution in [-0.2, 0) is 34.2 Å². The largest absolute Gasteiger partial charge is 0.462 e. The molecule has 1 aliphatic rings. The van der Waals surface area contributed by atoms with Crippen LogP contribution in [0.1, 0.15) is 70.8 Å². The molecule has 2 heterocycles. The molecular formula is C33H34N2O6S. The van der Waals surface area contributed by atoms with Gasteiger partial charge in [-0.1, -0.05) is 61.4 Å². The van der Waals surface area contributed by atoms with Gasteiger partial charge in [0.25, 0.3) is 11.5 Å². The Bertz CT molecular complexity index is 1710. The summed E-state index contributed by atoms with van der Waals surface area (Å²) in [5.41, 5.74) is 2.34. The fourth-order valence-corrected chi connectivity index (χ4v) is 6.79. The number of nitrogens with one attached hydrogen (secondary N) is 1. The maximum atomic E-state index is 13.7. The minimum atomic E-state index is -1.21. The van der Waals surface area contributed by atoms with Gasteiger partial charge in [0.15, 0.2) is 6.10 Å². The highest BCUT2D eigenvalue weighted by Gasteiger charge is 2.30. The molecule has 2 aromatic heterocycles. The van der Waals surface area contributed by atoms with Crippen molar-refractivity contribution < 1.29 is 23.9 Å². The lowest BCUT2D eigenvalue weighted by atomic mass is 9.96. The highest BCUT2D eigenvalue weighted by Crippen LogP contribution is 2.38. The summed E-state index contributed by atoms with van der Waals surface area (Å²) in [5, 5.41) is 4.34. The van der Waals surface area contributed by atoms with E-state index in [1.807, 2.05) is 36.4 Å². The smallest absolute Gasteiger partial charge is 0.356 e. The number of aryl methyl sites for hydroxylation is 1. The SMILES string of the molecule is CCOC(=O)c1c(NC(=O)C(C)OC(=O)c2c(-c3ccccc3)c3ccccc3c(=O)n2C)sc2c1CCCCCC2. The van der Waals surface area contributed by atoms with E-state index in [2.05, 4.69) is 5.32 Å². The third-order valence-corrected chi connectivity index (χ3v) is 8.81. The number of nitrogens with zero attached hydrogens (tertiary/aromatic N) is 1. The van der Waals surface area contributed by atoms with Crippen LogP contribution in [0.4, 0.5) is 5.00 Å². The Morgan fingerprint density at radius 2 is 1.60 bits per heavy atom. The Hall–Kier alpha value is -4.24. The quantitative estimate of drug-likeness (QED) is 0.256. The van der Waals surface area contributed by atoms with E-state index in [4.69, 9.17) is 9.47 Å². The minimum Gasteiger partial charge on any atom is -0.462 e. The molecule has 218 valence electrons. The number of fused-ring (bicyclic) bond motifs is 2. The second-order valence-corrected chi connectivity index (χ2v) is 11.5. The first-order chi connectivity index (χ1) is 20.3. The van der Waals surface area contributed by atoms with E-state index in [-0.39, 0.29) is 17.9 Å². The van der Waals surface area contributed by atoms with Crippen molar-refractivity contribution >= 4 is 45.0 Å². The zero-order valence-electron chi connectivity index (χ0n) is 24.0. The molecule has 0 saturated carbocycles. The van der Waals surface area contributed by atoms with Crippen LogP contribution >= 0.6 is 11.3 Å². The Labute approximate surface area is 248 Å². The molecule has 1 amide bonds. The van der Waals surface area contributed by atoms with Crippen LogP contribution in [0.25, 0.3) is 21.9 Å². The normalized spacial score (nSPS) is 13.9. The summed E-state index contributed by atoms with van der Waals surface area (Å²) in [6.45, 7) is 3.44. The van der Waals surface area contributed by atoms with Crippen LogP contribution in [0, 0.1) is 0 Å². The van der Waals surface area contributed by atoms with Gasteiger partial charge in [0, 0.05) is 22.9 Å². The van der Waals surface area contributed by atoms with Gasteiger partial charge < -0.3 is 19.4 Å². The molecule has 0 saturated heterocycles. The number of carbonyl (C=O) groups excluding carboxylic acids is 3. The van der Waals surface area contributed by atoms with Gasteiger partial charge in [0.05, 0.1) is 12.2 Å². The maximum absolute atomic E-state index is 13.7. The Morgan fingerprint density at radius 3 is 2.31 bits per heavy atom. The van der Waals surface area contributed by atoms with Crippen molar-refractivity contribution in [3.05, 3.63) is 86.6 Å². The van der Waals surface area contributed by atoms with Crippen molar-refractivity contribution in [1.82, 2.24) is 4.57 Å². The first-order valence-electron chi connectivity index (χ1n) is 14.3. The van der Waals surface area contributed by atoms with E-state index in [1.54, 1.807) is 25.1 Å². The number of benzene rings is 2. The van der Waals surface area contributed by atoms with Crippen molar-refractivity contribution in [3.8, 4) is 11.1 Å². The Balaban J connectivity index is 1.46. The van der Waals surface area contributed by atoms with Gasteiger partial charge in [-0.3, -0.25) is 9.59 Å². The van der Waals surface area contributed by atoms with Crippen molar-refractivity contribution in [2.45, 2.75) is 58.5 Å². The van der Waals surface area contributed by atoms with E-state index in [0.717, 1.165) is 54.5 Å². The highest BCUT2D eigenvalue weighted by molar-refractivity contribution is 7.17. The minimum absolute atomic E-state index is 0.0517. The summed E-state index contributed by atoms with van der Waals surface area (Å²) < 4.78 is 12.3. The lowest BCUT2D eigenvalue weighted by Gasteiger charge is -2.19. The first-order valence-corrected chi connectivity index (χ1v) is 15.1. The topological polar surface area (TPSA) is 104 Å². The van der Waals surface area contributed by atoms with Crippen LogP contribution in [0.3, 0.4) is 0 Å². The molecular weight excluding hydrogens is 552 g/mol. The third kappa shape index (κ3) is 5.74. The van der Waals surface area contributed by atoms with Crippen LogP contribution in [0.2, 0.25) is 0 Å². The van der Waals surface area contributed by atoms with Gasteiger partial charge in [-0.25, -0.2) is 9.59 Å². The molecule has 1 unspecified atom stereocenters. The molecule has 4 aromatic rings. The monoisotopic (exact) mass is 586 g/mol. The molecule has 1 aliphatic carbocycles. The number of aromatic nitrogens is 1. The number of ether oxygens (including phenoxy) is 2. The van der Waals surface area contributed by atoms with Crippen molar-refractivity contribution in [2.24, 2.45) is 7.05 Å². The molecule has 1 atom stereocenters. The molecule has 9 heteroatoms. The molecule has 0 spiro atoms. The number of pyridine rings is 1. The maximum Gasteiger partial charge on any atom is 0.356 e. The first kappa shape index (κ1) is 29.3. The van der Waals surface area contributed by atoms with Gasteiger partial charge in [-0.05, 0) is 62.1 Å².